The van der Waals surface area contributed by atoms with E-state index in [2.05, 4.69) is 32.1 Å². The molecule has 2 nitrogen and oxygen atoms in total. The lowest BCUT2D eigenvalue weighted by Crippen LogP contribution is -2.03. The molecule has 0 rings (SSSR count). The number of esters is 1. The molecule has 19 heavy (non-hydrogen) atoms. The van der Waals surface area contributed by atoms with Crippen LogP contribution in [0.15, 0.2) is 24.3 Å². The standard InChI is InChI=1S/C17H30O2/c1-3-5-7-9-10-11-12-13-15-17(18)19-16-14-8-6-4-2/h6,8,12-13H,3-5,7,9-11,14-16H2,1-2H3/b8-6+,13-12+. The van der Waals surface area contributed by atoms with Gasteiger partial charge < -0.3 is 4.74 Å². The second-order valence-corrected chi connectivity index (χ2v) is 4.77. The highest BCUT2D eigenvalue weighted by molar-refractivity contribution is 5.71. The third-order valence-corrected chi connectivity index (χ3v) is 2.88. The maximum Gasteiger partial charge on any atom is 0.309 e. The number of hydrogen-bond acceptors (Lipinski definition) is 2. The molecule has 0 saturated heterocycles. The first kappa shape index (κ1) is 17.9. The summed E-state index contributed by atoms with van der Waals surface area (Å²) in [7, 11) is 0. The molecule has 0 aliphatic heterocycles. The Hall–Kier alpha value is -1.05. The van der Waals surface area contributed by atoms with Gasteiger partial charge in [0.05, 0.1) is 13.0 Å². The Morgan fingerprint density at radius 1 is 0.895 bits per heavy atom. The van der Waals surface area contributed by atoms with Crippen molar-refractivity contribution in [3.05, 3.63) is 24.3 Å². The van der Waals surface area contributed by atoms with Gasteiger partial charge in [-0.15, -0.1) is 0 Å². The molecular formula is C17H30O2. The highest BCUT2D eigenvalue weighted by atomic mass is 16.5. The molecule has 0 amide bonds. The second kappa shape index (κ2) is 15.0. The van der Waals surface area contributed by atoms with E-state index in [1.807, 2.05) is 6.08 Å². The SMILES string of the molecule is CC/C=C/CCOC(=O)C/C=C/CCCCCCC. The molecule has 2 heteroatoms. The fourth-order valence-corrected chi connectivity index (χ4v) is 1.75. The van der Waals surface area contributed by atoms with Gasteiger partial charge in [-0.3, -0.25) is 4.79 Å². The van der Waals surface area contributed by atoms with Crippen LogP contribution in [-0.4, -0.2) is 12.6 Å². The van der Waals surface area contributed by atoms with E-state index in [0.29, 0.717) is 13.0 Å². The fourth-order valence-electron chi connectivity index (χ4n) is 1.75. The zero-order valence-corrected chi connectivity index (χ0v) is 12.7. The predicted octanol–water partition coefficient (Wildman–Crippen LogP) is 5.19. The van der Waals surface area contributed by atoms with E-state index in [-0.39, 0.29) is 5.97 Å². The van der Waals surface area contributed by atoms with Crippen molar-refractivity contribution in [3.8, 4) is 0 Å². The van der Waals surface area contributed by atoms with Crippen LogP contribution < -0.4 is 0 Å². The number of ether oxygens (including phenoxy) is 1. The Balaban J connectivity index is 3.33. The van der Waals surface area contributed by atoms with Crippen molar-refractivity contribution in [2.45, 2.75) is 71.6 Å². The van der Waals surface area contributed by atoms with Gasteiger partial charge in [0, 0.05) is 0 Å². The van der Waals surface area contributed by atoms with Crippen LogP contribution >= 0.6 is 0 Å². The highest BCUT2D eigenvalue weighted by Crippen LogP contribution is 2.05. The van der Waals surface area contributed by atoms with Crippen LogP contribution in [0.1, 0.15) is 71.6 Å². The van der Waals surface area contributed by atoms with Gasteiger partial charge in [-0.25, -0.2) is 0 Å². The Kier molecular flexibility index (Phi) is 14.2. The first-order valence-corrected chi connectivity index (χ1v) is 7.76. The first-order chi connectivity index (χ1) is 9.31. The Morgan fingerprint density at radius 3 is 2.37 bits per heavy atom. The normalized spacial score (nSPS) is 11.5. The Morgan fingerprint density at radius 2 is 1.63 bits per heavy atom. The van der Waals surface area contributed by atoms with Crippen LogP contribution in [0.5, 0.6) is 0 Å². The topological polar surface area (TPSA) is 26.3 Å². The summed E-state index contributed by atoms with van der Waals surface area (Å²) in [6.07, 6.45) is 18.0. The molecule has 110 valence electrons. The molecule has 0 unspecified atom stereocenters. The number of hydrogen-bond donors (Lipinski definition) is 0. The van der Waals surface area contributed by atoms with Gasteiger partial charge in [-0.1, -0.05) is 63.8 Å². The van der Waals surface area contributed by atoms with Crippen molar-refractivity contribution in [1.29, 1.82) is 0 Å². The lowest BCUT2D eigenvalue weighted by atomic mass is 10.1. The zero-order valence-electron chi connectivity index (χ0n) is 12.7. The average molecular weight is 266 g/mol. The maximum atomic E-state index is 11.4. The summed E-state index contributed by atoms with van der Waals surface area (Å²) < 4.78 is 5.11. The number of rotatable bonds is 12. The molecule has 0 N–H and O–H groups in total. The van der Waals surface area contributed by atoms with Crippen molar-refractivity contribution >= 4 is 5.97 Å². The van der Waals surface area contributed by atoms with Crippen LogP contribution in [0.2, 0.25) is 0 Å². The number of carbonyl (C=O) groups is 1. The van der Waals surface area contributed by atoms with Crippen LogP contribution in [0.4, 0.5) is 0 Å². The molecule has 0 spiro atoms. The van der Waals surface area contributed by atoms with Crippen molar-refractivity contribution in [2.24, 2.45) is 0 Å². The third kappa shape index (κ3) is 14.9. The lowest BCUT2D eigenvalue weighted by Gasteiger charge is -2.00. The average Bonchev–Trinajstić information content (AvgIpc) is 2.41. The largest absolute Gasteiger partial charge is 0.465 e. The van der Waals surface area contributed by atoms with Crippen molar-refractivity contribution in [3.63, 3.8) is 0 Å². The smallest absolute Gasteiger partial charge is 0.309 e. The van der Waals surface area contributed by atoms with Gasteiger partial charge in [-0.05, 0) is 25.7 Å². The monoisotopic (exact) mass is 266 g/mol. The Labute approximate surface area is 118 Å². The number of carbonyl (C=O) groups excluding carboxylic acids is 1. The van der Waals surface area contributed by atoms with Crippen molar-refractivity contribution in [2.75, 3.05) is 6.61 Å². The van der Waals surface area contributed by atoms with E-state index in [1.165, 1.54) is 32.1 Å². The minimum absolute atomic E-state index is 0.118. The molecule has 0 aromatic heterocycles. The molecule has 0 aromatic rings. The van der Waals surface area contributed by atoms with Gasteiger partial charge in [0.15, 0.2) is 0 Å². The third-order valence-electron chi connectivity index (χ3n) is 2.88. The van der Waals surface area contributed by atoms with Gasteiger partial charge >= 0.3 is 5.97 Å². The van der Waals surface area contributed by atoms with E-state index in [9.17, 15) is 4.79 Å². The quantitative estimate of drug-likeness (QED) is 0.276. The molecule has 0 saturated carbocycles. The summed E-state index contributed by atoms with van der Waals surface area (Å²) in [4.78, 5) is 11.4. The summed E-state index contributed by atoms with van der Waals surface area (Å²) in [6, 6.07) is 0. The summed E-state index contributed by atoms with van der Waals surface area (Å²) in [6.45, 7) is 4.82. The molecule has 0 heterocycles. The second-order valence-electron chi connectivity index (χ2n) is 4.77. The fraction of sp³-hybridized carbons (Fsp3) is 0.706. The molecular weight excluding hydrogens is 236 g/mol. The van der Waals surface area contributed by atoms with Gasteiger partial charge in [0.1, 0.15) is 0 Å². The minimum atomic E-state index is -0.118. The van der Waals surface area contributed by atoms with Gasteiger partial charge in [0.2, 0.25) is 0 Å². The molecule has 0 bridgehead atoms. The number of unbranched alkanes of at least 4 members (excludes halogenated alkanes) is 5. The first-order valence-electron chi connectivity index (χ1n) is 7.76. The van der Waals surface area contributed by atoms with Gasteiger partial charge in [-0.2, -0.15) is 0 Å². The molecule has 0 aromatic carbocycles. The summed E-state index contributed by atoms with van der Waals surface area (Å²) in [5.74, 6) is -0.118. The number of allylic oxidation sites excluding steroid dienone is 2. The summed E-state index contributed by atoms with van der Waals surface area (Å²) >= 11 is 0. The maximum absolute atomic E-state index is 11.4. The minimum Gasteiger partial charge on any atom is -0.465 e. The Bertz CT molecular complexity index is 254. The summed E-state index contributed by atoms with van der Waals surface area (Å²) in [5.41, 5.74) is 0. The van der Waals surface area contributed by atoms with Crippen LogP contribution in [0.3, 0.4) is 0 Å². The van der Waals surface area contributed by atoms with E-state index in [4.69, 9.17) is 4.74 Å². The molecule has 0 atom stereocenters. The van der Waals surface area contributed by atoms with E-state index < -0.39 is 0 Å². The molecule has 0 aliphatic rings. The highest BCUT2D eigenvalue weighted by Gasteiger charge is 1.97. The summed E-state index contributed by atoms with van der Waals surface area (Å²) in [5, 5.41) is 0. The van der Waals surface area contributed by atoms with Crippen LogP contribution in [-0.2, 0) is 9.53 Å². The zero-order chi connectivity index (χ0) is 14.2. The predicted molar refractivity (Wildman–Crippen MR) is 82.1 cm³/mol. The van der Waals surface area contributed by atoms with Crippen LogP contribution in [0, 0.1) is 0 Å². The molecule has 0 aliphatic carbocycles. The van der Waals surface area contributed by atoms with Crippen molar-refractivity contribution < 1.29 is 9.53 Å². The van der Waals surface area contributed by atoms with E-state index in [0.717, 1.165) is 19.3 Å². The van der Waals surface area contributed by atoms with Crippen LogP contribution in [0.25, 0.3) is 0 Å². The molecule has 0 radical (unpaired) electrons. The van der Waals surface area contributed by atoms with Gasteiger partial charge in [0.25, 0.3) is 0 Å². The van der Waals surface area contributed by atoms with Crippen molar-refractivity contribution in [1.82, 2.24) is 0 Å². The molecule has 0 fully saturated rings. The van der Waals surface area contributed by atoms with E-state index >= 15 is 0 Å². The lowest BCUT2D eigenvalue weighted by molar-refractivity contribution is -0.142. The van der Waals surface area contributed by atoms with E-state index in [1.54, 1.807) is 0 Å².